The van der Waals surface area contributed by atoms with Crippen molar-refractivity contribution in [2.45, 2.75) is 36.9 Å². The molecular formula is C22H27NO4. The Hall–Kier alpha value is -1.95. The Bertz CT molecular complexity index is 823. The SMILES string of the molecule is COCO[C@H]1C[C@@H]2[C@@H](C(=O)OC)[C@H](c3ccc4ccccc4c3)C[C@H]1N2C. The molecule has 0 spiro atoms. The van der Waals surface area contributed by atoms with E-state index in [1.165, 1.54) is 23.4 Å². The number of methoxy groups -OCH3 is 2. The molecule has 0 unspecified atom stereocenters. The van der Waals surface area contributed by atoms with Gasteiger partial charge in [0.25, 0.3) is 0 Å². The maximum atomic E-state index is 12.8. The first kappa shape index (κ1) is 18.4. The highest BCUT2D eigenvalue weighted by molar-refractivity contribution is 5.83. The van der Waals surface area contributed by atoms with Gasteiger partial charge in [-0.2, -0.15) is 0 Å². The van der Waals surface area contributed by atoms with Crippen molar-refractivity contribution in [2.24, 2.45) is 5.92 Å². The number of carbonyl (C=O) groups excluding carboxylic acids is 1. The van der Waals surface area contributed by atoms with Crippen LogP contribution in [0.1, 0.15) is 24.3 Å². The molecule has 2 aliphatic rings. The van der Waals surface area contributed by atoms with Crippen molar-refractivity contribution in [3.05, 3.63) is 48.0 Å². The second-order valence-corrected chi connectivity index (χ2v) is 7.65. The minimum atomic E-state index is -0.187. The molecule has 144 valence electrons. The number of rotatable bonds is 5. The molecule has 5 atom stereocenters. The normalized spacial score (nSPS) is 30.6. The van der Waals surface area contributed by atoms with Gasteiger partial charge in [0.15, 0.2) is 0 Å². The summed E-state index contributed by atoms with van der Waals surface area (Å²) in [6, 6.07) is 15.3. The van der Waals surface area contributed by atoms with Crippen LogP contribution in [0.25, 0.3) is 10.8 Å². The highest BCUT2D eigenvalue weighted by Gasteiger charge is 2.54. The molecule has 5 nitrogen and oxygen atoms in total. The number of hydrogen-bond donors (Lipinski definition) is 0. The summed E-state index contributed by atoms with van der Waals surface area (Å²) in [5.74, 6) is -0.186. The van der Waals surface area contributed by atoms with Crippen LogP contribution in [-0.4, -0.2) is 57.1 Å². The minimum absolute atomic E-state index is 0.0811. The Morgan fingerprint density at radius 2 is 1.85 bits per heavy atom. The summed E-state index contributed by atoms with van der Waals surface area (Å²) in [7, 11) is 5.22. The Morgan fingerprint density at radius 3 is 2.59 bits per heavy atom. The van der Waals surface area contributed by atoms with E-state index < -0.39 is 0 Å². The summed E-state index contributed by atoms with van der Waals surface area (Å²) in [5, 5.41) is 2.42. The lowest BCUT2D eigenvalue weighted by atomic mass is 9.76. The van der Waals surface area contributed by atoms with Crippen molar-refractivity contribution in [3.8, 4) is 0 Å². The van der Waals surface area contributed by atoms with Crippen molar-refractivity contribution in [1.82, 2.24) is 4.90 Å². The van der Waals surface area contributed by atoms with Gasteiger partial charge in [-0.1, -0.05) is 42.5 Å². The van der Waals surface area contributed by atoms with E-state index in [4.69, 9.17) is 14.2 Å². The fraction of sp³-hybridized carbons (Fsp3) is 0.500. The Balaban J connectivity index is 1.70. The molecule has 0 aromatic heterocycles. The average molecular weight is 369 g/mol. The van der Waals surface area contributed by atoms with Gasteiger partial charge >= 0.3 is 5.97 Å². The van der Waals surface area contributed by atoms with Gasteiger partial charge in [0, 0.05) is 25.1 Å². The Kier molecular flexibility index (Phi) is 5.17. The molecule has 2 aromatic rings. The van der Waals surface area contributed by atoms with Crippen molar-refractivity contribution in [1.29, 1.82) is 0 Å². The van der Waals surface area contributed by atoms with E-state index in [0.717, 1.165) is 12.8 Å². The van der Waals surface area contributed by atoms with E-state index in [2.05, 4.69) is 48.3 Å². The van der Waals surface area contributed by atoms with Gasteiger partial charge in [0.05, 0.1) is 19.1 Å². The van der Waals surface area contributed by atoms with E-state index in [1.54, 1.807) is 7.11 Å². The quantitative estimate of drug-likeness (QED) is 0.598. The highest BCUT2D eigenvalue weighted by Crippen LogP contribution is 2.47. The summed E-state index contributed by atoms with van der Waals surface area (Å²) in [5.41, 5.74) is 1.21. The molecule has 0 N–H and O–H groups in total. The molecule has 0 aliphatic carbocycles. The molecule has 0 amide bonds. The van der Waals surface area contributed by atoms with Gasteiger partial charge < -0.3 is 14.2 Å². The highest BCUT2D eigenvalue weighted by atomic mass is 16.7. The third-order valence-corrected chi connectivity index (χ3v) is 6.37. The lowest BCUT2D eigenvalue weighted by Gasteiger charge is -2.42. The molecule has 2 bridgehead atoms. The number of hydrogen-bond acceptors (Lipinski definition) is 5. The van der Waals surface area contributed by atoms with Gasteiger partial charge in [-0.3, -0.25) is 9.69 Å². The van der Waals surface area contributed by atoms with Crippen LogP contribution in [-0.2, 0) is 19.0 Å². The lowest BCUT2D eigenvalue weighted by molar-refractivity contribution is -0.150. The van der Waals surface area contributed by atoms with Gasteiger partial charge in [-0.15, -0.1) is 0 Å². The molecule has 2 aliphatic heterocycles. The number of fused-ring (bicyclic) bond motifs is 3. The van der Waals surface area contributed by atoms with Crippen LogP contribution in [0.3, 0.4) is 0 Å². The van der Waals surface area contributed by atoms with Crippen LogP contribution < -0.4 is 0 Å². The van der Waals surface area contributed by atoms with E-state index in [1.807, 2.05) is 6.07 Å². The molecule has 2 saturated heterocycles. The standard InChI is InChI=1S/C22H27NO4/c1-23-18-11-17(16-9-8-14-6-4-5-7-15(14)10-16)21(22(24)26-3)19(23)12-20(18)27-13-25-2/h4-10,17-21H,11-13H2,1-3H3/t17-,18+,19+,20-,21-/m0/s1. The number of piperidine rings is 1. The van der Waals surface area contributed by atoms with Crippen LogP contribution in [0, 0.1) is 5.92 Å². The van der Waals surface area contributed by atoms with Crippen molar-refractivity contribution in [2.75, 3.05) is 28.1 Å². The molecule has 5 heteroatoms. The second-order valence-electron chi connectivity index (χ2n) is 7.65. The molecule has 4 rings (SSSR count). The number of esters is 1. The molecule has 2 fully saturated rings. The van der Waals surface area contributed by atoms with E-state index in [-0.39, 0.29) is 42.8 Å². The van der Waals surface area contributed by atoms with Crippen molar-refractivity contribution >= 4 is 16.7 Å². The fourth-order valence-electron chi connectivity index (χ4n) is 5.04. The zero-order valence-electron chi connectivity index (χ0n) is 16.1. The summed E-state index contributed by atoms with van der Waals surface area (Å²) in [4.78, 5) is 15.1. The Morgan fingerprint density at radius 1 is 1.07 bits per heavy atom. The number of likely N-dealkylation sites (N-methyl/N-ethyl adjacent to an activating group) is 1. The fourth-order valence-corrected chi connectivity index (χ4v) is 5.04. The number of carbonyl (C=O) groups is 1. The topological polar surface area (TPSA) is 48.0 Å². The smallest absolute Gasteiger partial charge is 0.310 e. The molecule has 0 saturated carbocycles. The minimum Gasteiger partial charge on any atom is -0.469 e. The molecular weight excluding hydrogens is 342 g/mol. The zero-order chi connectivity index (χ0) is 19.0. The number of ether oxygens (including phenoxy) is 3. The third-order valence-electron chi connectivity index (χ3n) is 6.37. The summed E-state index contributed by atoms with van der Waals surface area (Å²) >= 11 is 0. The van der Waals surface area contributed by atoms with Crippen LogP contribution in [0.5, 0.6) is 0 Å². The van der Waals surface area contributed by atoms with Gasteiger partial charge in [-0.25, -0.2) is 0 Å². The van der Waals surface area contributed by atoms with Gasteiger partial charge in [0.1, 0.15) is 6.79 Å². The largest absolute Gasteiger partial charge is 0.469 e. The molecule has 2 heterocycles. The average Bonchev–Trinajstić information content (AvgIpc) is 2.89. The summed E-state index contributed by atoms with van der Waals surface area (Å²) < 4.78 is 16.3. The first-order valence-electron chi connectivity index (χ1n) is 9.53. The van der Waals surface area contributed by atoms with E-state index in [9.17, 15) is 4.79 Å². The van der Waals surface area contributed by atoms with Gasteiger partial charge in [0.2, 0.25) is 0 Å². The summed E-state index contributed by atoms with van der Waals surface area (Å²) in [6.07, 6.45) is 1.78. The second kappa shape index (κ2) is 7.58. The first-order valence-corrected chi connectivity index (χ1v) is 9.53. The van der Waals surface area contributed by atoms with Gasteiger partial charge in [-0.05, 0) is 36.2 Å². The molecule has 2 aromatic carbocycles. The van der Waals surface area contributed by atoms with E-state index in [0.29, 0.717) is 0 Å². The van der Waals surface area contributed by atoms with Crippen molar-refractivity contribution < 1.29 is 19.0 Å². The van der Waals surface area contributed by atoms with Crippen LogP contribution in [0.2, 0.25) is 0 Å². The van der Waals surface area contributed by atoms with Crippen LogP contribution in [0.4, 0.5) is 0 Å². The van der Waals surface area contributed by atoms with Crippen LogP contribution in [0.15, 0.2) is 42.5 Å². The zero-order valence-corrected chi connectivity index (χ0v) is 16.1. The molecule has 0 radical (unpaired) electrons. The number of benzene rings is 2. The lowest BCUT2D eigenvalue weighted by Crippen LogP contribution is -2.50. The maximum absolute atomic E-state index is 12.8. The monoisotopic (exact) mass is 369 g/mol. The van der Waals surface area contributed by atoms with Crippen LogP contribution >= 0.6 is 0 Å². The maximum Gasteiger partial charge on any atom is 0.310 e. The van der Waals surface area contributed by atoms with Crippen molar-refractivity contribution in [3.63, 3.8) is 0 Å². The Labute approximate surface area is 160 Å². The molecule has 27 heavy (non-hydrogen) atoms. The predicted octanol–water partition coefficient (Wildman–Crippen LogP) is 3.18. The summed E-state index contributed by atoms with van der Waals surface area (Å²) in [6.45, 7) is 0.283. The van der Waals surface area contributed by atoms with E-state index >= 15 is 0 Å². The first-order chi connectivity index (χ1) is 13.1. The third kappa shape index (κ3) is 3.24. The number of nitrogens with zero attached hydrogens (tertiary/aromatic N) is 1. The predicted molar refractivity (Wildman–Crippen MR) is 104 cm³/mol.